The molecule has 6 amide bonds. The Balaban J connectivity index is 0.000000205. The number of pyridine rings is 2. The lowest BCUT2D eigenvalue weighted by Crippen LogP contribution is -2.61. The summed E-state index contributed by atoms with van der Waals surface area (Å²) < 4.78 is 34.6. The molecule has 6 aliphatic rings. The average Bonchev–Trinajstić information content (AvgIpc) is 2.84. The minimum Gasteiger partial charge on any atom is -0.450 e. The molecule has 6 N–H and O–H groups in total. The predicted octanol–water partition coefficient (Wildman–Crippen LogP) is 3.59. The van der Waals surface area contributed by atoms with Gasteiger partial charge in [-0.2, -0.15) is 0 Å². The first-order valence-corrected chi connectivity index (χ1v) is 29.5. The molecule has 6 aliphatic heterocycles. The number of benzene rings is 2. The van der Waals surface area contributed by atoms with Crippen LogP contribution in [0, 0.1) is 11.8 Å². The van der Waals surface area contributed by atoms with Crippen molar-refractivity contribution < 1.29 is 66.8 Å². The van der Waals surface area contributed by atoms with Crippen LogP contribution in [0.4, 0.5) is 0 Å². The number of rotatable bonds is 2. The first kappa shape index (κ1) is 62.8. The van der Waals surface area contributed by atoms with Crippen molar-refractivity contribution in [3.8, 4) is 0 Å². The zero-order valence-corrected chi connectivity index (χ0v) is 49.8. The zero-order valence-electron chi connectivity index (χ0n) is 49.8. The van der Waals surface area contributed by atoms with Crippen LogP contribution in [0.15, 0.2) is 72.8 Å². The Labute approximate surface area is 499 Å². The van der Waals surface area contributed by atoms with E-state index in [0.29, 0.717) is 74.4 Å². The van der Waals surface area contributed by atoms with E-state index in [1.54, 1.807) is 65.8 Å². The molecule has 0 aliphatic carbocycles. The quantitative estimate of drug-likeness (QED) is 0.156. The average molecular weight is 1190 g/mol. The maximum Gasteiger partial charge on any atom is 0.345 e. The van der Waals surface area contributed by atoms with Crippen LogP contribution in [-0.4, -0.2) is 168 Å². The Kier molecular flexibility index (Phi) is 19.9. The third-order valence-electron chi connectivity index (χ3n) is 15.9. The van der Waals surface area contributed by atoms with Crippen molar-refractivity contribution in [2.24, 2.45) is 11.8 Å². The molecule has 0 radical (unpaired) electrons. The second kappa shape index (κ2) is 27.3. The van der Waals surface area contributed by atoms with E-state index in [4.69, 9.17) is 38.4 Å². The number of aromatic nitrogens is 2. The number of ether oxygens (including phenoxy) is 6. The number of cyclic esters (lactones) is 2. The van der Waals surface area contributed by atoms with Crippen LogP contribution in [0.25, 0.3) is 34.0 Å². The molecule has 2 aromatic heterocycles. The highest BCUT2D eigenvalue weighted by atomic mass is 16.6. The molecule has 0 saturated carbocycles. The van der Waals surface area contributed by atoms with Crippen LogP contribution in [0.1, 0.15) is 116 Å². The molecule has 460 valence electrons. The molecule has 10 bridgehead atoms. The number of fused-ring (bicyclic) bond motifs is 8. The molecular formula is C62H78N10O14. The van der Waals surface area contributed by atoms with Gasteiger partial charge in [0.1, 0.15) is 24.2 Å². The molecule has 4 fully saturated rings. The van der Waals surface area contributed by atoms with Crippen LogP contribution in [-0.2, 0) is 66.8 Å². The van der Waals surface area contributed by atoms with E-state index in [1.165, 1.54) is 10.0 Å². The number of esters is 2. The van der Waals surface area contributed by atoms with Crippen molar-refractivity contribution >= 4 is 81.3 Å². The van der Waals surface area contributed by atoms with E-state index in [0.717, 1.165) is 21.9 Å². The SMILES string of the molecule is CC(C)[C@@H]1OC(=O)C2(/C=C/c3ccc4ccc(nc4c3)[C@@H](C)NC(=O)[C@@H]3CCCN(N3)C(=O)[C@H](C)NC1=O)COCCO2.CC(C)[C@@H]1OC(=O)C2(/C=C/c3ccc4ccc(nc4c3)[C@@H](C)NC(=O)[C@@H]3CCCN(N3)C(=O)[C@H](C)NC1=O)COCCO2. The molecule has 4 aromatic rings. The summed E-state index contributed by atoms with van der Waals surface area (Å²) in [6.07, 6.45) is 6.57. The molecule has 24 heteroatoms. The highest BCUT2D eigenvalue weighted by Gasteiger charge is 2.46. The summed E-state index contributed by atoms with van der Waals surface area (Å²) in [5, 5.41) is 15.9. The maximum atomic E-state index is 13.6. The van der Waals surface area contributed by atoms with Gasteiger partial charge in [-0.15, -0.1) is 0 Å². The van der Waals surface area contributed by atoms with E-state index in [2.05, 4.69) is 32.1 Å². The van der Waals surface area contributed by atoms with Crippen LogP contribution < -0.4 is 32.1 Å². The van der Waals surface area contributed by atoms with Crippen molar-refractivity contribution in [3.63, 3.8) is 0 Å². The minimum absolute atomic E-state index is 0.0847. The van der Waals surface area contributed by atoms with Crippen molar-refractivity contribution in [2.75, 3.05) is 52.7 Å². The summed E-state index contributed by atoms with van der Waals surface area (Å²) in [4.78, 5) is 117. The number of hydrazine groups is 2. The Morgan fingerprint density at radius 3 is 1.26 bits per heavy atom. The first-order chi connectivity index (χ1) is 41.1. The fourth-order valence-electron chi connectivity index (χ4n) is 10.8. The minimum atomic E-state index is -1.57. The highest BCUT2D eigenvalue weighted by Crippen LogP contribution is 2.29. The summed E-state index contributed by atoms with van der Waals surface area (Å²) in [6.45, 7) is 15.4. The number of amides is 6. The van der Waals surface area contributed by atoms with Crippen molar-refractivity contribution in [1.82, 2.24) is 52.1 Å². The van der Waals surface area contributed by atoms with E-state index < -0.39 is 107 Å². The van der Waals surface area contributed by atoms with Gasteiger partial charge in [0.25, 0.3) is 23.6 Å². The number of nitrogens with one attached hydrogen (secondary N) is 6. The van der Waals surface area contributed by atoms with Crippen molar-refractivity contribution in [1.29, 1.82) is 0 Å². The summed E-state index contributed by atoms with van der Waals surface area (Å²) >= 11 is 0. The fourth-order valence-corrected chi connectivity index (χ4v) is 10.8. The van der Waals surface area contributed by atoms with E-state index in [-0.39, 0.29) is 38.2 Å². The van der Waals surface area contributed by atoms with E-state index in [1.807, 2.05) is 74.5 Å². The summed E-state index contributed by atoms with van der Waals surface area (Å²) in [5.41, 5.74) is 7.20. The number of carbonyl (C=O) groups is 8. The molecule has 4 saturated heterocycles. The fraction of sp³-hybridized carbons (Fsp3) is 0.516. The van der Waals surface area contributed by atoms with Gasteiger partial charge in [-0.25, -0.2) is 20.4 Å². The molecule has 2 spiro atoms. The molecule has 8 heterocycles. The number of nitrogens with zero attached hydrogens (tertiary/aromatic N) is 4. The maximum absolute atomic E-state index is 13.6. The van der Waals surface area contributed by atoms with E-state index >= 15 is 0 Å². The Hall–Kier alpha value is -7.74. The molecular weight excluding hydrogens is 1110 g/mol. The van der Waals surface area contributed by atoms with Gasteiger partial charge in [0.2, 0.25) is 23.0 Å². The van der Waals surface area contributed by atoms with Gasteiger partial charge in [0.15, 0.2) is 12.2 Å². The van der Waals surface area contributed by atoms with Crippen molar-refractivity contribution in [2.45, 2.75) is 141 Å². The molecule has 2 aromatic carbocycles. The van der Waals surface area contributed by atoms with Gasteiger partial charge in [-0.3, -0.25) is 48.8 Å². The standard InChI is InChI=1S/2C31H39N5O7/c2*1-18(2)26-28(38)33-20(4)29(39)36-13-5-6-24(35-36)27(37)32-19(3)23-10-9-22-8-7-21(16-25(22)34-23)11-12-31(30(40)43-26)17-41-14-15-42-31/h2*7-12,16,18-20,24,26,35H,5-6,13-15,17H2,1-4H3,(H,32,37)(H,33,38)/b2*12-11+/t2*19-,20+,24+,26+,31?/m11/s1. The second-order valence-electron chi connectivity index (χ2n) is 23.3. The topological polar surface area (TPSA) is 296 Å². The highest BCUT2D eigenvalue weighted by molar-refractivity contribution is 5.94. The lowest BCUT2D eigenvalue weighted by Gasteiger charge is -2.36. The lowest BCUT2D eigenvalue weighted by molar-refractivity contribution is -0.195. The smallest absolute Gasteiger partial charge is 0.345 e. The predicted molar refractivity (Wildman–Crippen MR) is 314 cm³/mol. The van der Waals surface area contributed by atoms with Crippen LogP contribution >= 0.6 is 0 Å². The summed E-state index contributed by atoms with van der Waals surface area (Å²) in [5.74, 6) is -4.86. The third-order valence-corrected chi connectivity index (χ3v) is 15.9. The molecule has 10 rings (SSSR count). The van der Waals surface area contributed by atoms with Gasteiger partial charge >= 0.3 is 11.9 Å². The number of hydrogen-bond donors (Lipinski definition) is 6. The van der Waals surface area contributed by atoms with Crippen LogP contribution in [0.2, 0.25) is 0 Å². The van der Waals surface area contributed by atoms with E-state index in [9.17, 15) is 38.4 Å². The monoisotopic (exact) mass is 1190 g/mol. The van der Waals surface area contributed by atoms with Gasteiger partial charge in [0.05, 0.1) is 74.1 Å². The normalized spacial score (nSPS) is 30.2. The lowest BCUT2D eigenvalue weighted by atomic mass is 10.0. The Bertz CT molecular complexity index is 3050. The van der Waals surface area contributed by atoms with Gasteiger partial charge in [-0.05, 0) is 113 Å². The zero-order chi connectivity index (χ0) is 61.5. The van der Waals surface area contributed by atoms with Crippen molar-refractivity contribution in [3.05, 3.63) is 95.3 Å². The van der Waals surface area contributed by atoms with Crippen LogP contribution in [0.5, 0.6) is 0 Å². The Morgan fingerprint density at radius 2 is 0.884 bits per heavy atom. The Morgan fingerprint density at radius 1 is 0.500 bits per heavy atom. The summed E-state index contributed by atoms with van der Waals surface area (Å²) in [7, 11) is 0. The van der Waals surface area contributed by atoms with Gasteiger partial charge in [-0.1, -0.05) is 76.2 Å². The summed E-state index contributed by atoms with van der Waals surface area (Å²) in [6, 6.07) is 15.1. The van der Waals surface area contributed by atoms with Crippen LogP contribution in [0.3, 0.4) is 0 Å². The molecule has 10 atom stereocenters. The first-order valence-electron chi connectivity index (χ1n) is 29.5. The largest absolute Gasteiger partial charge is 0.450 e. The van der Waals surface area contributed by atoms with Gasteiger partial charge < -0.3 is 49.7 Å². The number of carbonyl (C=O) groups excluding carboxylic acids is 8. The third kappa shape index (κ3) is 14.6. The second-order valence-corrected chi connectivity index (χ2v) is 23.3. The molecule has 86 heavy (non-hydrogen) atoms. The molecule has 24 nitrogen and oxygen atoms in total. The van der Waals surface area contributed by atoms with Gasteiger partial charge in [0, 0.05) is 23.9 Å². The molecule has 2 unspecified atom stereocenters. The number of hydrogen-bond acceptors (Lipinski definition) is 18.